The van der Waals surface area contributed by atoms with E-state index in [0.29, 0.717) is 22.8 Å². The molecule has 0 bridgehead atoms. The van der Waals surface area contributed by atoms with Crippen molar-refractivity contribution >= 4 is 55.1 Å². The van der Waals surface area contributed by atoms with Crippen LogP contribution in [0.1, 0.15) is 43.4 Å². The summed E-state index contributed by atoms with van der Waals surface area (Å²) in [6, 6.07) is 18.0. The van der Waals surface area contributed by atoms with Crippen LogP contribution < -0.4 is 9.62 Å². The molecule has 0 aliphatic rings. The number of benzene rings is 3. The number of sulfonamides is 1. The number of hydrogen-bond acceptors (Lipinski definition) is 4. The predicted octanol–water partition coefficient (Wildman–Crippen LogP) is 6.25. The van der Waals surface area contributed by atoms with Crippen LogP contribution in [-0.2, 0) is 26.2 Å². The summed E-state index contributed by atoms with van der Waals surface area (Å²) in [4.78, 5) is 28.5. The van der Waals surface area contributed by atoms with E-state index < -0.39 is 28.5 Å². The lowest BCUT2D eigenvalue weighted by Crippen LogP contribution is -2.51. The molecule has 0 saturated heterocycles. The van der Waals surface area contributed by atoms with Crippen LogP contribution in [-0.4, -0.2) is 44.3 Å². The van der Waals surface area contributed by atoms with Gasteiger partial charge in [-0.1, -0.05) is 76.8 Å². The van der Waals surface area contributed by atoms with E-state index in [2.05, 4.69) is 21.2 Å². The molecular weight excluding hydrogens is 614 g/mol. The quantitative estimate of drug-likeness (QED) is 0.235. The van der Waals surface area contributed by atoms with Gasteiger partial charge in [-0.15, -0.1) is 0 Å². The number of anilines is 1. The van der Waals surface area contributed by atoms with Gasteiger partial charge in [-0.2, -0.15) is 0 Å². The number of carbonyl (C=O) groups is 2. The van der Waals surface area contributed by atoms with Gasteiger partial charge in [-0.05, 0) is 74.7 Å². The van der Waals surface area contributed by atoms with E-state index >= 15 is 0 Å². The monoisotopic (exact) mass is 647 g/mol. The number of amides is 2. The molecule has 7 nitrogen and oxygen atoms in total. The van der Waals surface area contributed by atoms with Crippen LogP contribution in [0.2, 0.25) is 5.02 Å². The minimum absolute atomic E-state index is 0.0510. The van der Waals surface area contributed by atoms with Gasteiger partial charge in [0.25, 0.3) is 10.0 Å². The van der Waals surface area contributed by atoms with Crippen molar-refractivity contribution in [2.75, 3.05) is 17.4 Å². The molecule has 1 N–H and O–H groups in total. The zero-order chi connectivity index (χ0) is 29.4. The molecule has 0 unspecified atom stereocenters. The van der Waals surface area contributed by atoms with Gasteiger partial charge in [0.1, 0.15) is 12.6 Å². The lowest BCUT2D eigenvalue weighted by molar-refractivity contribution is -0.139. The van der Waals surface area contributed by atoms with Crippen LogP contribution in [0.3, 0.4) is 0 Å². The van der Waals surface area contributed by atoms with Crippen LogP contribution >= 0.6 is 27.5 Å². The van der Waals surface area contributed by atoms with Gasteiger partial charge in [-0.3, -0.25) is 13.9 Å². The van der Waals surface area contributed by atoms with Crippen LogP contribution in [0, 0.1) is 13.8 Å². The number of unbranched alkanes of at least 4 members (excludes halogenated alkanes) is 1. The molecule has 214 valence electrons. The Balaban J connectivity index is 2.04. The summed E-state index contributed by atoms with van der Waals surface area (Å²) in [7, 11) is -4.16. The van der Waals surface area contributed by atoms with E-state index in [9.17, 15) is 18.0 Å². The highest BCUT2D eigenvalue weighted by Crippen LogP contribution is 2.30. The Morgan fingerprint density at radius 2 is 1.65 bits per heavy atom. The largest absolute Gasteiger partial charge is 0.354 e. The molecule has 0 heterocycles. The highest BCUT2D eigenvalue weighted by Gasteiger charge is 2.33. The number of rotatable bonds is 12. The summed E-state index contributed by atoms with van der Waals surface area (Å²) in [5, 5.41) is 3.23. The average Bonchev–Trinajstić information content (AvgIpc) is 2.92. The summed E-state index contributed by atoms with van der Waals surface area (Å²) in [5.74, 6) is -0.818. The van der Waals surface area contributed by atoms with E-state index in [-0.39, 0.29) is 17.3 Å². The lowest BCUT2D eigenvalue weighted by Gasteiger charge is -2.32. The van der Waals surface area contributed by atoms with Crippen LogP contribution in [0.4, 0.5) is 5.69 Å². The Morgan fingerprint density at radius 1 is 1.00 bits per heavy atom. The standard InChI is InChI=1S/C30H35BrClN3O4S/c1-5-6-17-33-30(37)23(4)34(19-24-10-12-25(31)13-11-24)29(36)20-35(28-18-26(32)14-9-22(28)3)40(38,39)27-15-7-21(2)8-16-27/h7-16,18,23H,5-6,17,19-20H2,1-4H3,(H,33,37)/t23-/m0/s1. The average molecular weight is 649 g/mol. The van der Waals surface area contributed by atoms with Gasteiger partial charge < -0.3 is 10.2 Å². The highest BCUT2D eigenvalue weighted by molar-refractivity contribution is 9.10. The summed E-state index contributed by atoms with van der Waals surface area (Å²) >= 11 is 9.69. The Hall–Kier alpha value is -2.88. The topological polar surface area (TPSA) is 86.8 Å². The smallest absolute Gasteiger partial charge is 0.264 e. The normalized spacial score (nSPS) is 12.1. The molecule has 3 aromatic rings. The maximum absolute atomic E-state index is 14.0. The van der Waals surface area contributed by atoms with Crippen molar-refractivity contribution in [1.29, 1.82) is 0 Å². The first-order valence-corrected chi connectivity index (χ1v) is 15.7. The summed E-state index contributed by atoms with van der Waals surface area (Å²) in [5.41, 5.74) is 2.64. The van der Waals surface area contributed by atoms with Crippen molar-refractivity contribution in [2.24, 2.45) is 0 Å². The van der Waals surface area contributed by atoms with E-state index in [1.54, 1.807) is 38.1 Å². The molecule has 0 spiro atoms. The molecule has 0 fully saturated rings. The van der Waals surface area contributed by atoms with Crippen molar-refractivity contribution in [3.05, 3.63) is 92.9 Å². The third-order valence-corrected chi connectivity index (χ3v) is 9.13. The van der Waals surface area contributed by atoms with Gasteiger partial charge in [0.15, 0.2) is 0 Å². The SMILES string of the molecule is CCCCNC(=O)[C@H](C)N(Cc1ccc(Br)cc1)C(=O)CN(c1cc(Cl)ccc1C)S(=O)(=O)c1ccc(C)cc1. The zero-order valence-electron chi connectivity index (χ0n) is 23.2. The van der Waals surface area contributed by atoms with Gasteiger partial charge in [0.05, 0.1) is 10.6 Å². The van der Waals surface area contributed by atoms with E-state index in [1.807, 2.05) is 38.1 Å². The molecule has 1 atom stereocenters. The molecular formula is C30H35BrClN3O4S. The summed E-state index contributed by atoms with van der Waals surface area (Å²) in [6.45, 7) is 7.42. The maximum Gasteiger partial charge on any atom is 0.264 e. The molecule has 0 saturated carbocycles. The Morgan fingerprint density at radius 3 is 2.27 bits per heavy atom. The number of nitrogens with one attached hydrogen (secondary N) is 1. The Kier molecular flexibility index (Phi) is 11.2. The fraction of sp³-hybridized carbons (Fsp3) is 0.333. The van der Waals surface area contributed by atoms with Crippen LogP contribution in [0.15, 0.2) is 76.1 Å². The first-order valence-electron chi connectivity index (χ1n) is 13.1. The summed E-state index contributed by atoms with van der Waals surface area (Å²) in [6.07, 6.45) is 1.73. The van der Waals surface area contributed by atoms with E-state index in [0.717, 1.165) is 32.7 Å². The molecule has 40 heavy (non-hydrogen) atoms. The molecule has 0 aromatic heterocycles. The van der Waals surface area contributed by atoms with Crippen molar-refractivity contribution in [1.82, 2.24) is 10.2 Å². The molecule has 0 aliphatic heterocycles. The van der Waals surface area contributed by atoms with Gasteiger partial charge in [0.2, 0.25) is 11.8 Å². The van der Waals surface area contributed by atoms with Crippen molar-refractivity contribution in [3.63, 3.8) is 0 Å². The highest BCUT2D eigenvalue weighted by atomic mass is 79.9. The number of nitrogens with zero attached hydrogens (tertiary/aromatic N) is 2. The Labute approximate surface area is 250 Å². The maximum atomic E-state index is 14.0. The molecule has 2 amide bonds. The van der Waals surface area contributed by atoms with Crippen LogP contribution in [0.5, 0.6) is 0 Å². The first-order chi connectivity index (χ1) is 18.9. The molecule has 0 aliphatic carbocycles. The number of aryl methyl sites for hydroxylation is 2. The minimum atomic E-state index is -4.16. The fourth-order valence-electron chi connectivity index (χ4n) is 4.11. The van der Waals surface area contributed by atoms with Crippen molar-refractivity contribution < 1.29 is 18.0 Å². The molecule has 0 radical (unpaired) electrons. The minimum Gasteiger partial charge on any atom is -0.354 e. The second-order valence-corrected chi connectivity index (χ2v) is 12.9. The van der Waals surface area contributed by atoms with Crippen LogP contribution in [0.25, 0.3) is 0 Å². The van der Waals surface area contributed by atoms with Gasteiger partial charge >= 0.3 is 0 Å². The Bertz CT molecular complexity index is 1430. The predicted molar refractivity (Wildman–Crippen MR) is 164 cm³/mol. The zero-order valence-corrected chi connectivity index (χ0v) is 26.3. The van der Waals surface area contributed by atoms with Gasteiger partial charge in [0, 0.05) is 22.6 Å². The van der Waals surface area contributed by atoms with E-state index in [1.165, 1.54) is 23.1 Å². The lowest BCUT2D eigenvalue weighted by atomic mass is 10.1. The van der Waals surface area contributed by atoms with Gasteiger partial charge in [-0.25, -0.2) is 8.42 Å². The molecule has 10 heteroatoms. The van der Waals surface area contributed by atoms with Crippen molar-refractivity contribution in [2.45, 2.75) is 58.0 Å². The third-order valence-electron chi connectivity index (χ3n) is 6.59. The second kappa shape index (κ2) is 14.1. The molecule has 3 aromatic carbocycles. The third kappa shape index (κ3) is 8.08. The fourth-order valence-corrected chi connectivity index (χ4v) is 6.01. The first kappa shape index (κ1) is 31.6. The second-order valence-electron chi connectivity index (χ2n) is 9.72. The van der Waals surface area contributed by atoms with Crippen molar-refractivity contribution in [3.8, 4) is 0 Å². The van der Waals surface area contributed by atoms with E-state index in [4.69, 9.17) is 11.6 Å². The number of halogens is 2. The summed E-state index contributed by atoms with van der Waals surface area (Å²) < 4.78 is 29.9. The number of carbonyl (C=O) groups excluding carboxylic acids is 2. The molecule has 3 rings (SSSR count). The number of hydrogen-bond donors (Lipinski definition) is 1.